The molecule has 0 radical (unpaired) electrons. The minimum atomic E-state index is -3.71. The number of aromatic nitrogens is 2. The predicted molar refractivity (Wildman–Crippen MR) is 149 cm³/mol. The van der Waals surface area contributed by atoms with Crippen molar-refractivity contribution in [3.63, 3.8) is 0 Å². The summed E-state index contributed by atoms with van der Waals surface area (Å²) >= 11 is 0. The number of ether oxygens (including phenoxy) is 2. The molecule has 1 amide bonds. The summed E-state index contributed by atoms with van der Waals surface area (Å²) in [6.45, 7) is 8.93. The first kappa shape index (κ1) is 28.8. The summed E-state index contributed by atoms with van der Waals surface area (Å²) in [5, 5.41) is 0.0389. The van der Waals surface area contributed by atoms with Crippen LogP contribution < -0.4 is 4.74 Å². The molecular weight excluding hydrogens is 516 g/mol. The van der Waals surface area contributed by atoms with Gasteiger partial charge in [-0.25, -0.2) is 13.4 Å². The van der Waals surface area contributed by atoms with E-state index in [4.69, 9.17) is 9.47 Å². The summed E-state index contributed by atoms with van der Waals surface area (Å²) in [5.74, 6) is 0.507. The van der Waals surface area contributed by atoms with Crippen LogP contribution in [0, 0.1) is 5.92 Å². The third-order valence-corrected chi connectivity index (χ3v) is 8.27. The van der Waals surface area contributed by atoms with Gasteiger partial charge in [-0.1, -0.05) is 50.2 Å². The fourth-order valence-corrected chi connectivity index (χ4v) is 6.16. The molecule has 9 nitrogen and oxygen atoms in total. The van der Waals surface area contributed by atoms with Crippen LogP contribution >= 0.6 is 0 Å². The van der Waals surface area contributed by atoms with Crippen molar-refractivity contribution in [2.24, 2.45) is 5.92 Å². The van der Waals surface area contributed by atoms with Gasteiger partial charge in [0.05, 0.1) is 44.5 Å². The average Bonchev–Trinajstić information content (AvgIpc) is 3.33. The smallest absolute Gasteiger partial charge is 0.254 e. The van der Waals surface area contributed by atoms with Crippen molar-refractivity contribution in [2.75, 3.05) is 46.5 Å². The number of imidazole rings is 1. The number of benzene rings is 2. The van der Waals surface area contributed by atoms with E-state index >= 15 is 0 Å². The number of hydrogen-bond donors (Lipinski definition) is 0. The highest BCUT2D eigenvalue weighted by Crippen LogP contribution is 2.22. The van der Waals surface area contributed by atoms with Crippen molar-refractivity contribution in [3.8, 4) is 5.75 Å². The molecule has 2 heterocycles. The Balaban J connectivity index is 1.64. The minimum Gasteiger partial charge on any atom is -0.497 e. The maximum atomic E-state index is 13.7. The number of hydrogen-bond acceptors (Lipinski definition) is 7. The van der Waals surface area contributed by atoms with E-state index in [2.05, 4.69) is 9.88 Å². The van der Waals surface area contributed by atoms with Gasteiger partial charge in [-0.3, -0.25) is 9.69 Å². The van der Waals surface area contributed by atoms with Crippen molar-refractivity contribution in [2.45, 2.75) is 37.8 Å². The molecule has 1 saturated heterocycles. The lowest BCUT2D eigenvalue weighted by Crippen LogP contribution is -2.43. The van der Waals surface area contributed by atoms with Crippen molar-refractivity contribution in [3.05, 3.63) is 77.6 Å². The standard InChI is InChI=1S/C29H38N4O5S/c1-23(2)20-33-26(19-30-29(33)39(35,36)22-24-8-5-4-6-9-24)21-32(13-12-31-14-16-38-17-15-31)28(34)25-10-7-11-27(18-25)37-3/h4-11,18-19,23H,12-17,20-22H2,1-3H3. The average molecular weight is 555 g/mol. The number of nitrogens with zero attached hydrogens (tertiary/aromatic N) is 4. The van der Waals surface area contributed by atoms with Gasteiger partial charge in [-0.05, 0) is 29.7 Å². The molecule has 0 N–H and O–H groups in total. The summed E-state index contributed by atoms with van der Waals surface area (Å²) in [7, 11) is -2.13. The second-order valence-corrected chi connectivity index (χ2v) is 12.1. The Hall–Kier alpha value is -3.21. The zero-order chi connectivity index (χ0) is 27.8. The van der Waals surface area contributed by atoms with Gasteiger partial charge < -0.3 is 18.9 Å². The molecule has 4 rings (SSSR count). The maximum absolute atomic E-state index is 13.7. The lowest BCUT2D eigenvalue weighted by Gasteiger charge is -2.30. The minimum absolute atomic E-state index is 0.0389. The lowest BCUT2D eigenvalue weighted by molar-refractivity contribution is 0.0319. The first-order valence-corrected chi connectivity index (χ1v) is 15.0. The van der Waals surface area contributed by atoms with Crippen LogP contribution in [0.5, 0.6) is 5.75 Å². The van der Waals surface area contributed by atoms with Gasteiger partial charge in [0.15, 0.2) is 0 Å². The van der Waals surface area contributed by atoms with Gasteiger partial charge >= 0.3 is 0 Å². The SMILES string of the molecule is COc1cccc(C(=O)N(CCN2CCOCC2)Cc2cnc(S(=O)(=O)Cc3ccccc3)n2CC(C)C)c1. The Kier molecular flexibility index (Phi) is 9.77. The van der Waals surface area contributed by atoms with Gasteiger partial charge in [-0.2, -0.15) is 0 Å². The van der Waals surface area contributed by atoms with Gasteiger partial charge in [0, 0.05) is 38.3 Å². The monoisotopic (exact) mass is 554 g/mol. The van der Waals surface area contributed by atoms with Crippen LogP contribution in [0.25, 0.3) is 0 Å². The summed E-state index contributed by atoms with van der Waals surface area (Å²) in [5.41, 5.74) is 1.91. The molecule has 2 aromatic carbocycles. The Morgan fingerprint density at radius 3 is 2.54 bits per heavy atom. The molecule has 1 fully saturated rings. The number of amides is 1. The Bertz CT molecular complexity index is 1330. The summed E-state index contributed by atoms with van der Waals surface area (Å²) < 4.78 is 39.5. The Morgan fingerprint density at radius 1 is 1.10 bits per heavy atom. The summed E-state index contributed by atoms with van der Waals surface area (Å²) in [6.07, 6.45) is 1.60. The third-order valence-electron chi connectivity index (χ3n) is 6.67. The van der Waals surface area contributed by atoms with Gasteiger partial charge in [0.1, 0.15) is 5.75 Å². The highest BCUT2D eigenvalue weighted by atomic mass is 32.2. The van der Waals surface area contributed by atoms with Gasteiger partial charge in [0.25, 0.3) is 5.91 Å². The van der Waals surface area contributed by atoms with E-state index < -0.39 is 9.84 Å². The van der Waals surface area contributed by atoms with Crippen molar-refractivity contribution in [1.82, 2.24) is 19.4 Å². The van der Waals surface area contributed by atoms with E-state index in [0.717, 1.165) is 13.1 Å². The molecule has 0 atom stereocenters. The molecule has 0 bridgehead atoms. The van der Waals surface area contributed by atoms with Crippen LogP contribution in [0.15, 0.2) is 66.0 Å². The molecule has 1 aliphatic heterocycles. The summed E-state index contributed by atoms with van der Waals surface area (Å²) in [4.78, 5) is 22.2. The fraction of sp³-hybridized carbons (Fsp3) is 0.448. The Morgan fingerprint density at radius 2 is 1.85 bits per heavy atom. The number of sulfone groups is 1. The Labute approximate surface area is 231 Å². The molecule has 39 heavy (non-hydrogen) atoms. The van der Waals surface area contributed by atoms with E-state index in [-0.39, 0.29) is 29.3 Å². The second kappa shape index (κ2) is 13.2. The number of methoxy groups -OCH3 is 1. The van der Waals surface area contributed by atoms with Gasteiger partial charge in [0.2, 0.25) is 15.0 Å². The van der Waals surface area contributed by atoms with E-state index in [9.17, 15) is 13.2 Å². The van der Waals surface area contributed by atoms with Crippen LogP contribution in [0.1, 0.15) is 35.5 Å². The normalized spacial score (nSPS) is 14.5. The van der Waals surface area contributed by atoms with E-state index in [1.807, 2.05) is 32.0 Å². The zero-order valence-electron chi connectivity index (χ0n) is 23.0. The molecule has 10 heteroatoms. The van der Waals surface area contributed by atoms with E-state index in [1.165, 1.54) is 0 Å². The first-order valence-electron chi connectivity index (χ1n) is 13.3. The van der Waals surface area contributed by atoms with Crippen LogP contribution in [-0.4, -0.2) is 80.2 Å². The zero-order valence-corrected chi connectivity index (χ0v) is 23.8. The van der Waals surface area contributed by atoms with Crippen LogP contribution in [-0.2, 0) is 33.4 Å². The number of rotatable bonds is 12. The molecule has 0 saturated carbocycles. The van der Waals surface area contributed by atoms with Crippen molar-refractivity contribution < 1.29 is 22.7 Å². The largest absolute Gasteiger partial charge is 0.497 e. The van der Waals surface area contributed by atoms with Crippen molar-refractivity contribution in [1.29, 1.82) is 0 Å². The maximum Gasteiger partial charge on any atom is 0.254 e. The highest BCUT2D eigenvalue weighted by Gasteiger charge is 2.27. The third kappa shape index (κ3) is 7.68. The quantitative estimate of drug-likeness (QED) is 0.338. The van der Waals surface area contributed by atoms with E-state index in [0.29, 0.717) is 55.4 Å². The number of carbonyl (C=O) groups is 1. The van der Waals surface area contributed by atoms with Crippen LogP contribution in [0.4, 0.5) is 0 Å². The molecule has 3 aromatic rings. The van der Waals surface area contributed by atoms with E-state index in [1.54, 1.807) is 59.2 Å². The molecule has 1 aliphatic rings. The first-order chi connectivity index (χ1) is 18.8. The molecular formula is C29H38N4O5S. The fourth-order valence-electron chi connectivity index (χ4n) is 4.66. The lowest BCUT2D eigenvalue weighted by atomic mass is 10.1. The van der Waals surface area contributed by atoms with Crippen LogP contribution in [0.3, 0.4) is 0 Å². The summed E-state index contributed by atoms with van der Waals surface area (Å²) in [6, 6.07) is 16.2. The van der Waals surface area contributed by atoms with Crippen molar-refractivity contribution >= 4 is 15.7 Å². The topological polar surface area (TPSA) is 94.0 Å². The number of morpholine rings is 1. The highest BCUT2D eigenvalue weighted by molar-refractivity contribution is 7.90. The molecule has 0 aliphatic carbocycles. The number of carbonyl (C=O) groups excluding carboxylic acids is 1. The second-order valence-electron chi connectivity index (χ2n) is 10.2. The van der Waals surface area contributed by atoms with Gasteiger partial charge in [-0.15, -0.1) is 0 Å². The molecule has 210 valence electrons. The molecule has 1 aromatic heterocycles. The molecule has 0 unspecified atom stereocenters. The van der Waals surface area contributed by atoms with Crippen LogP contribution in [0.2, 0.25) is 0 Å². The molecule has 0 spiro atoms. The predicted octanol–water partition coefficient (Wildman–Crippen LogP) is 3.50.